The van der Waals surface area contributed by atoms with Crippen molar-refractivity contribution in [1.82, 2.24) is 4.90 Å². The average Bonchev–Trinajstić information content (AvgIpc) is 2.91. The maximum absolute atomic E-state index is 12.5. The van der Waals surface area contributed by atoms with Gasteiger partial charge in [-0.25, -0.2) is 9.59 Å². The van der Waals surface area contributed by atoms with Crippen LogP contribution in [0.3, 0.4) is 0 Å². The predicted octanol–water partition coefficient (Wildman–Crippen LogP) is 4.37. The number of thiophene rings is 1. The Morgan fingerprint density at radius 1 is 1.15 bits per heavy atom. The van der Waals surface area contributed by atoms with Gasteiger partial charge >= 0.3 is 11.9 Å². The third kappa shape index (κ3) is 4.79. The van der Waals surface area contributed by atoms with Gasteiger partial charge in [0.2, 0.25) is 0 Å². The van der Waals surface area contributed by atoms with Gasteiger partial charge in [0, 0.05) is 12.1 Å². The van der Waals surface area contributed by atoms with Crippen LogP contribution in [0, 0.1) is 6.92 Å². The zero-order valence-corrected chi connectivity index (χ0v) is 18.2. The SMILES string of the molecule is CCOC(=O)c1sc(NC(=S)N2C(C)CCCC2C)c(C(=O)OCC)c1C. The lowest BCUT2D eigenvalue weighted by atomic mass is 9.98. The van der Waals surface area contributed by atoms with Crippen LogP contribution in [0.4, 0.5) is 5.00 Å². The van der Waals surface area contributed by atoms with Crippen LogP contribution in [-0.4, -0.2) is 47.2 Å². The lowest BCUT2D eigenvalue weighted by Crippen LogP contribution is -2.49. The highest BCUT2D eigenvalue weighted by Gasteiger charge is 2.30. The maximum Gasteiger partial charge on any atom is 0.348 e. The molecule has 0 bridgehead atoms. The molecule has 1 N–H and O–H groups in total. The van der Waals surface area contributed by atoms with Crippen molar-refractivity contribution in [2.24, 2.45) is 0 Å². The summed E-state index contributed by atoms with van der Waals surface area (Å²) in [5.41, 5.74) is 0.909. The van der Waals surface area contributed by atoms with Gasteiger partial charge < -0.3 is 19.7 Å². The zero-order valence-electron chi connectivity index (χ0n) is 16.6. The second-order valence-electron chi connectivity index (χ2n) is 6.67. The van der Waals surface area contributed by atoms with E-state index >= 15 is 0 Å². The molecule has 1 aromatic rings. The minimum absolute atomic E-state index is 0.257. The van der Waals surface area contributed by atoms with E-state index in [0.717, 1.165) is 12.8 Å². The van der Waals surface area contributed by atoms with Crippen LogP contribution in [0.25, 0.3) is 0 Å². The van der Waals surface area contributed by atoms with Gasteiger partial charge in [-0.1, -0.05) is 0 Å². The van der Waals surface area contributed by atoms with E-state index in [4.69, 9.17) is 21.7 Å². The molecule has 150 valence electrons. The molecule has 0 saturated carbocycles. The number of ether oxygens (including phenoxy) is 2. The summed E-state index contributed by atoms with van der Waals surface area (Å²) >= 11 is 6.83. The van der Waals surface area contributed by atoms with E-state index in [1.54, 1.807) is 20.8 Å². The minimum atomic E-state index is -0.466. The molecule has 1 saturated heterocycles. The molecule has 0 amide bonds. The molecule has 8 heteroatoms. The highest BCUT2D eigenvalue weighted by Crippen LogP contribution is 2.35. The van der Waals surface area contributed by atoms with Gasteiger partial charge in [0.15, 0.2) is 5.11 Å². The summed E-state index contributed by atoms with van der Waals surface area (Å²) in [5, 5.41) is 4.30. The number of carbonyl (C=O) groups is 2. The van der Waals surface area contributed by atoms with Crippen molar-refractivity contribution in [3.8, 4) is 0 Å². The van der Waals surface area contributed by atoms with Crippen LogP contribution in [0.1, 0.15) is 72.6 Å². The first-order chi connectivity index (χ1) is 12.8. The summed E-state index contributed by atoms with van der Waals surface area (Å²) in [6.45, 7) is 10.1. The highest BCUT2D eigenvalue weighted by molar-refractivity contribution is 7.80. The minimum Gasteiger partial charge on any atom is -0.462 e. The molecule has 0 aromatic carbocycles. The Kier molecular flexibility index (Phi) is 7.61. The van der Waals surface area contributed by atoms with Gasteiger partial charge in [-0.3, -0.25) is 0 Å². The fourth-order valence-electron chi connectivity index (χ4n) is 3.43. The van der Waals surface area contributed by atoms with Crippen LogP contribution in [0.15, 0.2) is 0 Å². The number of carbonyl (C=O) groups excluding carboxylic acids is 2. The summed E-state index contributed by atoms with van der Waals surface area (Å²) in [4.78, 5) is 27.3. The number of nitrogens with one attached hydrogen (secondary N) is 1. The standard InChI is InChI=1S/C19H28N2O4S2/c1-6-24-17(22)14-13(5)15(18(23)25-7-2)27-16(14)20-19(26)21-11(3)9-8-10-12(21)4/h11-12H,6-10H2,1-5H3,(H,20,26). The zero-order chi connectivity index (χ0) is 20.1. The third-order valence-electron chi connectivity index (χ3n) is 4.74. The molecule has 0 spiro atoms. The number of thiocarbonyl (C=S) groups is 1. The number of likely N-dealkylation sites (tertiary alicyclic amines) is 1. The topological polar surface area (TPSA) is 67.9 Å². The smallest absolute Gasteiger partial charge is 0.348 e. The largest absolute Gasteiger partial charge is 0.462 e. The van der Waals surface area contributed by atoms with Gasteiger partial charge in [-0.15, -0.1) is 11.3 Å². The van der Waals surface area contributed by atoms with Crippen molar-refractivity contribution in [3.05, 3.63) is 16.0 Å². The predicted molar refractivity (Wildman–Crippen MR) is 112 cm³/mol. The number of anilines is 1. The number of nitrogens with zero attached hydrogens (tertiary/aromatic N) is 1. The number of rotatable bonds is 5. The molecule has 1 fully saturated rings. The lowest BCUT2D eigenvalue weighted by molar-refractivity contribution is 0.0527. The Labute approximate surface area is 170 Å². The molecule has 2 atom stereocenters. The van der Waals surface area contributed by atoms with Gasteiger partial charge in [-0.2, -0.15) is 0 Å². The van der Waals surface area contributed by atoms with Gasteiger partial charge in [-0.05, 0) is 71.7 Å². The lowest BCUT2D eigenvalue weighted by Gasteiger charge is -2.40. The van der Waals surface area contributed by atoms with Gasteiger partial charge in [0.05, 0.1) is 18.8 Å². The molecule has 0 aliphatic carbocycles. The molecule has 1 aliphatic heterocycles. The summed E-state index contributed by atoms with van der Waals surface area (Å²) in [6, 6.07) is 0.649. The van der Waals surface area contributed by atoms with E-state index in [1.807, 2.05) is 0 Å². The van der Waals surface area contributed by atoms with Crippen LogP contribution >= 0.6 is 23.6 Å². The normalized spacial score (nSPS) is 19.5. The van der Waals surface area contributed by atoms with Crippen molar-refractivity contribution >= 4 is 45.6 Å². The van der Waals surface area contributed by atoms with Crippen molar-refractivity contribution in [1.29, 1.82) is 0 Å². The quantitative estimate of drug-likeness (QED) is 0.569. The van der Waals surface area contributed by atoms with Crippen LogP contribution in [0.5, 0.6) is 0 Å². The Bertz CT molecular complexity index is 707. The first-order valence-corrected chi connectivity index (χ1v) is 10.6. The number of piperidine rings is 1. The summed E-state index contributed by atoms with van der Waals surface area (Å²) in [5.74, 6) is -0.906. The van der Waals surface area contributed by atoms with Crippen LogP contribution < -0.4 is 5.32 Å². The molecular weight excluding hydrogens is 384 g/mol. The van der Waals surface area contributed by atoms with Crippen molar-refractivity contribution in [2.75, 3.05) is 18.5 Å². The maximum atomic E-state index is 12.5. The van der Waals surface area contributed by atoms with E-state index in [1.165, 1.54) is 17.8 Å². The molecule has 27 heavy (non-hydrogen) atoms. The molecule has 6 nitrogen and oxygen atoms in total. The second kappa shape index (κ2) is 9.50. The van der Waals surface area contributed by atoms with E-state index in [0.29, 0.717) is 38.2 Å². The van der Waals surface area contributed by atoms with E-state index in [-0.39, 0.29) is 13.2 Å². The highest BCUT2D eigenvalue weighted by atomic mass is 32.1. The second-order valence-corrected chi connectivity index (χ2v) is 8.07. The fraction of sp³-hybridized carbons (Fsp3) is 0.632. The summed E-state index contributed by atoms with van der Waals surface area (Å²) < 4.78 is 10.3. The molecule has 1 aromatic heterocycles. The Balaban J connectivity index is 2.36. The molecule has 2 rings (SSSR count). The number of hydrogen-bond acceptors (Lipinski definition) is 6. The fourth-order valence-corrected chi connectivity index (χ4v) is 5.04. The van der Waals surface area contributed by atoms with Crippen molar-refractivity contribution in [3.63, 3.8) is 0 Å². The first-order valence-electron chi connectivity index (χ1n) is 9.38. The van der Waals surface area contributed by atoms with E-state index in [2.05, 4.69) is 24.1 Å². The molecule has 1 aliphatic rings. The van der Waals surface area contributed by atoms with E-state index in [9.17, 15) is 9.59 Å². The summed E-state index contributed by atoms with van der Waals surface area (Å²) in [6.07, 6.45) is 3.34. The van der Waals surface area contributed by atoms with Crippen molar-refractivity contribution < 1.29 is 19.1 Å². The first kappa shape index (κ1) is 21.6. The average molecular weight is 413 g/mol. The molecule has 2 heterocycles. The van der Waals surface area contributed by atoms with Crippen molar-refractivity contribution in [2.45, 2.75) is 66.0 Å². The molecule has 0 radical (unpaired) electrons. The number of esters is 2. The Morgan fingerprint density at radius 2 is 1.70 bits per heavy atom. The van der Waals surface area contributed by atoms with Crippen LogP contribution in [0.2, 0.25) is 0 Å². The third-order valence-corrected chi connectivity index (χ3v) is 6.24. The molecular formula is C19H28N2O4S2. The Morgan fingerprint density at radius 3 is 2.26 bits per heavy atom. The Hall–Kier alpha value is -1.67. The van der Waals surface area contributed by atoms with E-state index < -0.39 is 11.9 Å². The molecule has 2 unspecified atom stereocenters. The van der Waals surface area contributed by atoms with Gasteiger partial charge in [0.25, 0.3) is 0 Å². The monoisotopic (exact) mass is 412 g/mol. The van der Waals surface area contributed by atoms with Crippen LogP contribution in [-0.2, 0) is 9.47 Å². The number of hydrogen-bond donors (Lipinski definition) is 1. The van der Waals surface area contributed by atoms with Gasteiger partial charge in [0.1, 0.15) is 9.88 Å². The summed E-state index contributed by atoms with van der Waals surface area (Å²) in [7, 11) is 0.